The summed E-state index contributed by atoms with van der Waals surface area (Å²) in [4.78, 5) is 22.3. The molecule has 3 saturated heterocycles. The molecule has 0 unspecified atom stereocenters. The van der Waals surface area contributed by atoms with Crippen molar-refractivity contribution < 1.29 is 19.0 Å². The van der Waals surface area contributed by atoms with Gasteiger partial charge in [0, 0.05) is 63.2 Å². The van der Waals surface area contributed by atoms with Crippen molar-refractivity contribution in [1.29, 1.82) is 0 Å². The van der Waals surface area contributed by atoms with Crippen LogP contribution in [0.15, 0.2) is 36.8 Å². The number of fused-ring (bicyclic) bond motifs is 1. The molecule has 2 atom stereocenters. The number of aryl methyl sites for hydroxylation is 1. The number of ether oxygens (including phenoxy) is 1. The van der Waals surface area contributed by atoms with E-state index in [0.717, 1.165) is 74.5 Å². The van der Waals surface area contributed by atoms with Crippen molar-refractivity contribution in [3.63, 3.8) is 0 Å². The lowest BCUT2D eigenvalue weighted by atomic mass is 9.89. The van der Waals surface area contributed by atoms with Crippen LogP contribution in [0.25, 0.3) is 16.6 Å². The second-order valence-corrected chi connectivity index (χ2v) is 11.6. The van der Waals surface area contributed by atoms with Gasteiger partial charge in [0.15, 0.2) is 0 Å². The Kier molecular flexibility index (Phi) is 6.97. The van der Waals surface area contributed by atoms with E-state index in [1.54, 1.807) is 11.0 Å². The Hall–Kier alpha value is -2.81. The molecule has 1 amide bonds. The standard InChI is InChI=1S/C30H37FN4O3/c1-19-12-32-13-28-29(19)23(10-22-15-33(16-22)14-21-5-7-38-8-6-21)17-35(28)27-4-3-24(31)11-26(27)30(37)34-18-25(36)9-20(34)2/h3-4,11-13,17,20-22,25,36H,5-10,14-16,18H2,1-2H3/t20-,25+/m0/s1. The summed E-state index contributed by atoms with van der Waals surface area (Å²) in [5, 5.41) is 11.3. The van der Waals surface area contributed by atoms with Crippen molar-refractivity contribution in [2.45, 2.75) is 51.7 Å². The van der Waals surface area contributed by atoms with E-state index in [-0.39, 0.29) is 18.5 Å². The van der Waals surface area contributed by atoms with Crippen molar-refractivity contribution in [3.05, 3.63) is 59.3 Å². The lowest BCUT2D eigenvalue weighted by molar-refractivity contribution is 0.0254. The zero-order valence-corrected chi connectivity index (χ0v) is 22.3. The quantitative estimate of drug-likeness (QED) is 0.533. The van der Waals surface area contributed by atoms with Gasteiger partial charge in [0.25, 0.3) is 5.91 Å². The third-order valence-corrected chi connectivity index (χ3v) is 8.64. The van der Waals surface area contributed by atoms with Crippen LogP contribution in [0.5, 0.6) is 0 Å². The number of aromatic nitrogens is 2. The molecule has 1 aromatic carbocycles. The summed E-state index contributed by atoms with van der Waals surface area (Å²) >= 11 is 0. The largest absolute Gasteiger partial charge is 0.391 e. The summed E-state index contributed by atoms with van der Waals surface area (Å²) in [6.45, 7) is 9.40. The van der Waals surface area contributed by atoms with E-state index in [4.69, 9.17) is 4.74 Å². The maximum absolute atomic E-state index is 14.4. The van der Waals surface area contributed by atoms with E-state index in [1.165, 1.54) is 17.7 Å². The fraction of sp³-hybridized carbons (Fsp3) is 0.533. The lowest BCUT2D eigenvalue weighted by Crippen LogP contribution is -2.49. The second-order valence-electron chi connectivity index (χ2n) is 11.6. The van der Waals surface area contributed by atoms with Gasteiger partial charge in [-0.3, -0.25) is 9.78 Å². The van der Waals surface area contributed by atoms with Crippen molar-refractivity contribution >= 4 is 16.8 Å². The topological polar surface area (TPSA) is 70.8 Å². The van der Waals surface area contributed by atoms with Gasteiger partial charge in [-0.1, -0.05) is 0 Å². The van der Waals surface area contributed by atoms with Gasteiger partial charge in [-0.05, 0) is 80.7 Å². The van der Waals surface area contributed by atoms with Gasteiger partial charge >= 0.3 is 0 Å². The Balaban J connectivity index is 1.28. The van der Waals surface area contributed by atoms with Crippen LogP contribution in [0.3, 0.4) is 0 Å². The van der Waals surface area contributed by atoms with Crippen molar-refractivity contribution in [1.82, 2.24) is 19.4 Å². The van der Waals surface area contributed by atoms with E-state index < -0.39 is 11.9 Å². The number of β-amino-alcohol motifs (C(OH)–C–C–N with tert-alkyl or cyclic N) is 1. The summed E-state index contributed by atoms with van der Waals surface area (Å²) < 4.78 is 22.0. The Morgan fingerprint density at radius 1 is 1.16 bits per heavy atom. The molecule has 0 radical (unpaired) electrons. The van der Waals surface area contributed by atoms with Crippen LogP contribution in [0.4, 0.5) is 4.39 Å². The summed E-state index contributed by atoms with van der Waals surface area (Å²) in [5.41, 5.74) is 4.21. The Morgan fingerprint density at radius 2 is 1.95 bits per heavy atom. The molecule has 0 bridgehead atoms. The predicted molar refractivity (Wildman–Crippen MR) is 144 cm³/mol. The number of rotatable bonds is 6. The number of aliphatic hydroxyl groups excluding tert-OH is 1. The molecule has 3 fully saturated rings. The van der Waals surface area contributed by atoms with Gasteiger partial charge in [0.2, 0.25) is 0 Å². The smallest absolute Gasteiger partial charge is 0.256 e. The first-order valence-corrected chi connectivity index (χ1v) is 13.9. The number of amides is 1. The summed E-state index contributed by atoms with van der Waals surface area (Å²) in [6.07, 6.45) is 9.10. The molecule has 0 aliphatic carbocycles. The molecule has 6 rings (SSSR count). The van der Waals surface area contributed by atoms with Crippen LogP contribution in [0, 0.1) is 24.6 Å². The van der Waals surface area contributed by atoms with Crippen LogP contribution in [0.1, 0.15) is 47.7 Å². The molecule has 8 heteroatoms. The summed E-state index contributed by atoms with van der Waals surface area (Å²) in [5.74, 6) is 0.626. The first-order valence-electron chi connectivity index (χ1n) is 13.9. The molecule has 1 N–H and O–H groups in total. The van der Waals surface area contributed by atoms with Gasteiger partial charge in [-0.25, -0.2) is 4.39 Å². The number of carbonyl (C=O) groups excluding carboxylic acids is 1. The highest BCUT2D eigenvalue weighted by Gasteiger charge is 2.34. The minimum atomic E-state index is -0.551. The first-order chi connectivity index (χ1) is 18.4. The summed E-state index contributed by atoms with van der Waals surface area (Å²) in [6, 6.07) is 4.31. The monoisotopic (exact) mass is 520 g/mol. The normalized spacial score (nSPS) is 23.3. The lowest BCUT2D eigenvalue weighted by Gasteiger charge is -2.42. The zero-order chi connectivity index (χ0) is 26.4. The molecular formula is C30H37FN4O3. The highest BCUT2D eigenvalue weighted by molar-refractivity contribution is 5.99. The van der Waals surface area contributed by atoms with E-state index in [9.17, 15) is 14.3 Å². The van der Waals surface area contributed by atoms with E-state index in [0.29, 0.717) is 23.6 Å². The average molecular weight is 521 g/mol. The summed E-state index contributed by atoms with van der Waals surface area (Å²) in [7, 11) is 0. The molecular weight excluding hydrogens is 483 g/mol. The van der Waals surface area contributed by atoms with Crippen molar-refractivity contribution in [3.8, 4) is 5.69 Å². The van der Waals surface area contributed by atoms with Crippen LogP contribution in [-0.4, -0.2) is 81.9 Å². The minimum Gasteiger partial charge on any atom is -0.391 e. The van der Waals surface area contributed by atoms with Crippen LogP contribution >= 0.6 is 0 Å². The number of pyridine rings is 1. The molecule has 0 saturated carbocycles. The molecule has 3 aromatic rings. The SMILES string of the molecule is Cc1cncc2c1c(CC1CN(CC3CCOCC3)C1)cn2-c1ccc(F)cc1C(=O)N1C[C@H](O)C[C@@H]1C. The van der Waals surface area contributed by atoms with Crippen molar-refractivity contribution in [2.24, 2.45) is 11.8 Å². The number of aliphatic hydroxyl groups is 1. The highest BCUT2D eigenvalue weighted by atomic mass is 19.1. The zero-order valence-electron chi connectivity index (χ0n) is 22.3. The fourth-order valence-electron chi connectivity index (χ4n) is 6.69. The third-order valence-electron chi connectivity index (χ3n) is 8.64. The predicted octanol–water partition coefficient (Wildman–Crippen LogP) is 3.97. The van der Waals surface area contributed by atoms with Gasteiger partial charge in [-0.15, -0.1) is 0 Å². The number of halogens is 1. The number of benzene rings is 1. The van der Waals surface area contributed by atoms with E-state index in [1.807, 2.05) is 23.9 Å². The van der Waals surface area contributed by atoms with Crippen LogP contribution < -0.4 is 0 Å². The first kappa shape index (κ1) is 25.5. The Labute approximate surface area is 223 Å². The van der Waals surface area contributed by atoms with Gasteiger partial charge in [-0.2, -0.15) is 0 Å². The maximum atomic E-state index is 14.4. The number of nitrogens with zero attached hydrogens (tertiary/aromatic N) is 4. The second kappa shape index (κ2) is 10.4. The molecule has 3 aliphatic heterocycles. The molecule has 3 aliphatic rings. The van der Waals surface area contributed by atoms with Crippen LogP contribution in [0.2, 0.25) is 0 Å². The molecule has 38 heavy (non-hydrogen) atoms. The number of hydrogen-bond donors (Lipinski definition) is 1. The maximum Gasteiger partial charge on any atom is 0.256 e. The number of likely N-dealkylation sites (tertiary alicyclic amines) is 2. The van der Waals surface area contributed by atoms with Crippen molar-refractivity contribution in [2.75, 3.05) is 39.4 Å². The highest BCUT2D eigenvalue weighted by Crippen LogP contribution is 2.33. The van der Waals surface area contributed by atoms with E-state index >= 15 is 0 Å². The molecule has 5 heterocycles. The number of carbonyl (C=O) groups is 1. The third kappa shape index (κ3) is 4.85. The van der Waals surface area contributed by atoms with Gasteiger partial charge < -0.3 is 24.2 Å². The fourth-order valence-corrected chi connectivity index (χ4v) is 6.69. The molecule has 202 valence electrons. The van der Waals surface area contributed by atoms with Crippen LogP contribution in [-0.2, 0) is 11.2 Å². The number of hydrogen-bond acceptors (Lipinski definition) is 5. The Morgan fingerprint density at radius 3 is 2.68 bits per heavy atom. The molecule has 2 aromatic heterocycles. The van der Waals surface area contributed by atoms with Gasteiger partial charge in [0.05, 0.1) is 29.1 Å². The Bertz CT molecular complexity index is 1330. The average Bonchev–Trinajstić information content (AvgIpc) is 3.42. The van der Waals surface area contributed by atoms with Gasteiger partial charge in [0.1, 0.15) is 5.82 Å². The minimum absolute atomic E-state index is 0.0998. The van der Waals surface area contributed by atoms with E-state index in [2.05, 4.69) is 23.0 Å². The molecule has 7 nitrogen and oxygen atoms in total. The molecule has 0 spiro atoms.